The van der Waals surface area contributed by atoms with Crippen molar-refractivity contribution in [2.24, 2.45) is 5.41 Å². The molecule has 1 aromatic carbocycles. The van der Waals surface area contributed by atoms with Crippen LogP contribution in [-0.4, -0.2) is 22.8 Å². The molecule has 17 heavy (non-hydrogen) atoms. The Morgan fingerprint density at radius 2 is 2.00 bits per heavy atom. The van der Waals surface area contributed by atoms with Gasteiger partial charge >= 0.3 is 5.97 Å². The highest BCUT2D eigenvalue weighted by atomic mass is 16.5. The maximum atomic E-state index is 11.1. The molecule has 1 unspecified atom stereocenters. The molecule has 0 spiro atoms. The van der Waals surface area contributed by atoms with Crippen LogP contribution in [-0.2, 0) is 4.79 Å². The first-order valence-electron chi connectivity index (χ1n) is 5.74. The van der Waals surface area contributed by atoms with Crippen LogP contribution >= 0.6 is 0 Å². The first-order valence-corrected chi connectivity index (χ1v) is 5.74. The number of hydrogen-bond acceptors (Lipinski definition) is 3. The zero-order valence-electron chi connectivity index (χ0n) is 9.72. The fraction of sp³-hybridized carbons (Fsp3) is 0.462. The van der Waals surface area contributed by atoms with Crippen LogP contribution in [0.1, 0.15) is 31.4 Å². The van der Waals surface area contributed by atoms with E-state index in [1.807, 2.05) is 6.92 Å². The molecule has 1 aliphatic rings. The number of rotatable bonds is 5. The lowest BCUT2D eigenvalue weighted by atomic mass is 9.93. The van der Waals surface area contributed by atoms with Gasteiger partial charge in [-0.3, -0.25) is 4.79 Å². The number of ether oxygens (including phenoxy) is 1. The summed E-state index contributed by atoms with van der Waals surface area (Å²) in [6.45, 7) is 2.48. The number of hydrogen-bond donors (Lipinski definition) is 2. The lowest BCUT2D eigenvalue weighted by molar-refractivity contribution is -0.148. The molecule has 0 amide bonds. The first-order chi connectivity index (χ1) is 8.10. The predicted octanol–water partition coefficient (Wildman–Crippen LogP) is 1.98. The lowest BCUT2D eigenvalue weighted by Crippen LogP contribution is -2.23. The second-order valence-electron chi connectivity index (χ2n) is 4.37. The van der Waals surface area contributed by atoms with Crippen LogP contribution in [0.4, 0.5) is 0 Å². The van der Waals surface area contributed by atoms with Gasteiger partial charge in [0.25, 0.3) is 0 Å². The highest BCUT2D eigenvalue weighted by Gasteiger charge is 2.56. The predicted molar refractivity (Wildman–Crippen MR) is 61.9 cm³/mol. The van der Waals surface area contributed by atoms with Crippen LogP contribution in [0.5, 0.6) is 5.75 Å². The molecule has 1 aliphatic carbocycles. The van der Waals surface area contributed by atoms with E-state index in [0.717, 1.165) is 5.75 Å². The average molecular weight is 236 g/mol. The Hall–Kier alpha value is -1.55. The van der Waals surface area contributed by atoms with Crippen molar-refractivity contribution in [3.63, 3.8) is 0 Å². The third-order valence-corrected chi connectivity index (χ3v) is 3.24. The van der Waals surface area contributed by atoms with E-state index >= 15 is 0 Å². The van der Waals surface area contributed by atoms with Crippen LogP contribution in [0.15, 0.2) is 24.3 Å². The Bertz CT molecular complexity index is 406. The quantitative estimate of drug-likeness (QED) is 0.820. The van der Waals surface area contributed by atoms with Crippen molar-refractivity contribution in [2.45, 2.75) is 25.9 Å². The maximum absolute atomic E-state index is 11.1. The van der Waals surface area contributed by atoms with Gasteiger partial charge in [-0.25, -0.2) is 0 Å². The van der Waals surface area contributed by atoms with E-state index < -0.39 is 17.5 Å². The number of benzene rings is 1. The van der Waals surface area contributed by atoms with Gasteiger partial charge in [0, 0.05) is 0 Å². The van der Waals surface area contributed by atoms with Crippen LogP contribution < -0.4 is 4.74 Å². The Kier molecular flexibility index (Phi) is 3.07. The zero-order chi connectivity index (χ0) is 12.5. The third kappa shape index (κ3) is 2.13. The zero-order valence-corrected chi connectivity index (χ0v) is 9.72. The van der Waals surface area contributed by atoms with Crippen LogP contribution in [0, 0.1) is 5.41 Å². The molecule has 1 saturated carbocycles. The summed E-state index contributed by atoms with van der Waals surface area (Å²) >= 11 is 0. The molecular formula is C13H16O4. The topological polar surface area (TPSA) is 66.8 Å². The molecule has 0 radical (unpaired) electrons. The SMILES string of the molecule is CCOc1ccc(C(O)C2(C(=O)O)CC2)cc1. The monoisotopic (exact) mass is 236 g/mol. The van der Waals surface area contributed by atoms with Gasteiger partial charge in [-0.1, -0.05) is 12.1 Å². The summed E-state index contributed by atoms with van der Waals surface area (Å²) in [6, 6.07) is 6.94. The maximum Gasteiger partial charge on any atom is 0.312 e. The van der Waals surface area contributed by atoms with E-state index in [9.17, 15) is 9.90 Å². The number of aliphatic hydroxyl groups is 1. The highest BCUT2D eigenvalue weighted by Crippen LogP contribution is 2.55. The molecule has 4 heteroatoms. The van der Waals surface area contributed by atoms with Crippen molar-refractivity contribution >= 4 is 5.97 Å². The molecule has 0 saturated heterocycles. The molecule has 0 heterocycles. The van der Waals surface area contributed by atoms with Gasteiger partial charge in [-0.15, -0.1) is 0 Å². The summed E-state index contributed by atoms with van der Waals surface area (Å²) in [7, 11) is 0. The number of carboxylic acid groups (broad SMARTS) is 1. The number of carbonyl (C=O) groups is 1. The molecule has 1 atom stereocenters. The molecular weight excluding hydrogens is 220 g/mol. The largest absolute Gasteiger partial charge is 0.494 e. The van der Waals surface area contributed by atoms with E-state index in [4.69, 9.17) is 9.84 Å². The minimum absolute atomic E-state index is 0.538. The van der Waals surface area contributed by atoms with Gasteiger partial charge in [0.15, 0.2) is 0 Å². The highest BCUT2D eigenvalue weighted by molar-refractivity contribution is 5.79. The van der Waals surface area contributed by atoms with Crippen molar-refractivity contribution in [3.8, 4) is 5.75 Å². The normalized spacial score (nSPS) is 18.5. The van der Waals surface area contributed by atoms with E-state index in [2.05, 4.69) is 0 Å². The third-order valence-electron chi connectivity index (χ3n) is 3.24. The lowest BCUT2D eigenvalue weighted by Gasteiger charge is -2.18. The number of carboxylic acids is 1. The van der Waals surface area contributed by atoms with Crippen molar-refractivity contribution < 1.29 is 19.7 Å². The molecule has 1 aromatic rings. The molecule has 1 fully saturated rings. The summed E-state index contributed by atoms with van der Waals surface area (Å²) in [4.78, 5) is 11.1. The van der Waals surface area contributed by atoms with Crippen molar-refractivity contribution in [3.05, 3.63) is 29.8 Å². The van der Waals surface area contributed by atoms with Crippen LogP contribution in [0.25, 0.3) is 0 Å². The number of aliphatic hydroxyl groups excluding tert-OH is 1. The van der Waals surface area contributed by atoms with E-state index in [1.165, 1.54) is 0 Å². The Morgan fingerprint density at radius 1 is 1.41 bits per heavy atom. The minimum Gasteiger partial charge on any atom is -0.494 e. The van der Waals surface area contributed by atoms with E-state index in [1.54, 1.807) is 24.3 Å². The minimum atomic E-state index is -0.965. The Balaban J connectivity index is 2.15. The molecule has 2 rings (SSSR count). The van der Waals surface area contributed by atoms with Gasteiger partial charge in [0.2, 0.25) is 0 Å². The Morgan fingerprint density at radius 3 is 2.41 bits per heavy atom. The van der Waals surface area contributed by atoms with Gasteiger partial charge in [0.05, 0.1) is 18.1 Å². The van der Waals surface area contributed by atoms with E-state index in [0.29, 0.717) is 25.0 Å². The second-order valence-corrected chi connectivity index (χ2v) is 4.37. The van der Waals surface area contributed by atoms with Crippen molar-refractivity contribution in [2.75, 3.05) is 6.61 Å². The fourth-order valence-electron chi connectivity index (χ4n) is 1.97. The second kappa shape index (κ2) is 4.37. The fourth-order valence-corrected chi connectivity index (χ4v) is 1.97. The number of aliphatic carboxylic acids is 1. The smallest absolute Gasteiger partial charge is 0.312 e. The summed E-state index contributed by atoms with van der Waals surface area (Å²) in [5, 5.41) is 19.2. The van der Waals surface area contributed by atoms with Gasteiger partial charge in [-0.2, -0.15) is 0 Å². The summed E-state index contributed by atoms with van der Waals surface area (Å²) in [5.41, 5.74) is -0.332. The molecule has 0 bridgehead atoms. The average Bonchev–Trinajstić information content (AvgIpc) is 3.11. The van der Waals surface area contributed by atoms with Gasteiger partial charge in [-0.05, 0) is 37.5 Å². The van der Waals surface area contributed by atoms with Crippen molar-refractivity contribution in [1.82, 2.24) is 0 Å². The van der Waals surface area contributed by atoms with Gasteiger partial charge in [0.1, 0.15) is 5.75 Å². The Labute approximate surface area is 99.8 Å². The summed E-state index contributed by atoms with van der Waals surface area (Å²) in [5.74, 6) is -0.192. The summed E-state index contributed by atoms with van der Waals surface area (Å²) in [6.07, 6.45) is 0.142. The van der Waals surface area contributed by atoms with Crippen LogP contribution in [0.2, 0.25) is 0 Å². The standard InChI is InChI=1S/C13H16O4/c1-2-17-10-5-3-9(4-6-10)11(14)13(7-8-13)12(15)16/h3-6,11,14H,2,7-8H2,1H3,(H,15,16). The van der Waals surface area contributed by atoms with Crippen molar-refractivity contribution in [1.29, 1.82) is 0 Å². The first kappa shape index (κ1) is 11.9. The molecule has 4 nitrogen and oxygen atoms in total. The van der Waals surface area contributed by atoms with E-state index in [-0.39, 0.29) is 0 Å². The summed E-state index contributed by atoms with van der Waals surface area (Å²) < 4.78 is 5.29. The van der Waals surface area contributed by atoms with Crippen LogP contribution in [0.3, 0.4) is 0 Å². The molecule has 92 valence electrons. The molecule has 0 aromatic heterocycles. The molecule has 2 N–H and O–H groups in total. The van der Waals surface area contributed by atoms with Gasteiger partial charge < -0.3 is 14.9 Å². The molecule has 0 aliphatic heterocycles.